The third-order valence-corrected chi connectivity index (χ3v) is 5.57. The normalized spacial score (nSPS) is 11.3. The van der Waals surface area contributed by atoms with E-state index in [1.54, 1.807) is 0 Å². The van der Waals surface area contributed by atoms with Crippen molar-refractivity contribution in [3.05, 3.63) is 65.7 Å². The summed E-state index contributed by atoms with van der Waals surface area (Å²) in [5, 5.41) is 3.03. The number of nitrogens with one attached hydrogen (secondary N) is 1. The quantitative estimate of drug-likeness (QED) is 0.380. The van der Waals surface area contributed by atoms with Crippen LogP contribution in [0.25, 0.3) is 22.2 Å². The number of carbonyl (C=O) groups is 1. The first-order valence-electron chi connectivity index (χ1n) is 11.1. The van der Waals surface area contributed by atoms with Crippen LogP contribution in [0, 0.1) is 0 Å². The number of hydrogen-bond donors (Lipinski definition) is 2. The molecule has 0 bridgehead atoms. The average Bonchev–Trinajstić information content (AvgIpc) is 3.05. The standard InChI is InChI=1S/C25H29N5O/c1-2-3-4-5-11-16-27-25(31)21-22-24(29-20-15-10-9-14-19(20)28-22)30(23(21)26)17-18-12-7-6-8-13-18/h6-10,12-15H,2-5,11,16-17,26H2,1H3,(H,27,31). The first kappa shape index (κ1) is 20.8. The van der Waals surface area contributed by atoms with Gasteiger partial charge in [0.05, 0.1) is 17.6 Å². The Bertz CT molecular complexity index is 1180. The zero-order chi connectivity index (χ0) is 21.6. The average molecular weight is 416 g/mol. The molecule has 2 aromatic carbocycles. The van der Waals surface area contributed by atoms with Gasteiger partial charge >= 0.3 is 0 Å². The summed E-state index contributed by atoms with van der Waals surface area (Å²) in [5.41, 5.74) is 10.7. The highest BCUT2D eigenvalue weighted by atomic mass is 16.1. The highest BCUT2D eigenvalue weighted by molar-refractivity contribution is 6.10. The predicted octanol–water partition coefficient (Wildman–Crippen LogP) is 4.92. The van der Waals surface area contributed by atoms with Crippen molar-refractivity contribution in [3.8, 4) is 0 Å². The summed E-state index contributed by atoms with van der Waals surface area (Å²) in [4.78, 5) is 22.7. The second-order valence-corrected chi connectivity index (χ2v) is 7.89. The molecule has 0 atom stereocenters. The summed E-state index contributed by atoms with van der Waals surface area (Å²) in [6.07, 6.45) is 5.71. The number of unbranched alkanes of at least 4 members (excludes halogenated alkanes) is 4. The molecule has 6 heteroatoms. The number of nitrogens with two attached hydrogens (primary N) is 1. The lowest BCUT2D eigenvalue weighted by molar-refractivity contribution is 0.0955. The molecule has 4 aromatic rings. The van der Waals surface area contributed by atoms with Crippen LogP contribution < -0.4 is 11.1 Å². The van der Waals surface area contributed by atoms with Crippen molar-refractivity contribution < 1.29 is 4.79 Å². The SMILES string of the molecule is CCCCCCCNC(=O)c1c(N)n(Cc2ccccc2)c2nc3ccccc3nc12. The van der Waals surface area contributed by atoms with E-state index in [0.29, 0.717) is 35.6 Å². The molecule has 4 rings (SSSR count). The Morgan fingerprint density at radius 2 is 1.61 bits per heavy atom. The number of hydrogen-bond acceptors (Lipinski definition) is 4. The number of fused-ring (bicyclic) bond motifs is 2. The molecule has 0 saturated heterocycles. The van der Waals surface area contributed by atoms with Crippen molar-refractivity contribution in [1.82, 2.24) is 19.9 Å². The fraction of sp³-hybridized carbons (Fsp3) is 0.320. The molecular weight excluding hydrogens is 386 g/mol. The van der Waals surface area contributed by atoms with Crippen LogP contribution in [0.4, 0.5) is 5.82 Å². The van der Waals surface area contributed by atoms with Crippen molar-refractivity contribution in [3.63, 3.8) is 0 Å². The van der Waals surface area contributed by atoms with Crippen LogP contribution in [0.1, 0.15) is 54.9 Å². The maximum Gasteiger partial charge on any atom is 0.257 e. The van der Waals surface area contributed by atoms with Crippen molar-refractivity contribution in [1.29, 1.82) is 0 Å². The van der Waals surface area contributed by atoms with Crippen LogP contribution in [-0.2, 0) is 6.54 Å². The zero-order valence-electron chi connectivity index (χ0n) is 18.0. The monoisotopic (exact) mass is 415 g/mol. The summed E-state index contributed by atoms with van der Waals surface area (Å²) in [6.45, 7) is 3.36. The Morgan fingerprint density at radius 3 is 2.35 bits per heavy atom. The van der Waals surface area contributed by atoms with Gasteiger partial charge in [0, 0.05) is 6.54 Å². The highest BCUT2D eigenvalue weighted by Crippen LogP contribution is 2.28. The van der Waals surface area contributed by atoms with E-state index in [1.807, 2.05) is 59.2 Å². The number of carbonyl (C=O) groups excluding carboxylic acids is 1. The smallest absolute Gasteiger partial charge is 0.257 e. The number of nitrogens with zero attached hydrogens (tertiary/aromatic N) is 3. The number of amides is 1. The number of aromatic nitrogens is 3. The molecule has 31 heavy (non-hydrogen) atoms. The summed E-state index contributed by atoms with van der Waals surface area (Å²) in [6, 6.07) is 17.7. The van der Waals surface area contributed by atoms with E-state index >= 15 is 0 Å². The number of nitrogen functional groups attached to an aromatic ring is 1. The predicted molar refractivity (Wildman–Crippen MR) is 126 cm³/mol. The van der Waals surface area contributed by atoms with E-state index in [4.69, 9.17) is 15.7 Å². The first-order valence-corrected chi connectivity index (χ1v) is 11.1. The number of anilines is 1. The molecule has 1 amide bonds. The lowest BCUT2D eigenvalue weighted by Crippen LogP contribution is -2.25. The Morgan fingerprint density at radius 1 is 0.935 bits per heavy atom. The molecule has 3 N–H and O–H groups in total. The van der Waals surface area contributed by atoms with Crippen LogP contribution in [-0.4, -0.2) is 27.0 Å². The molecule has 0 saturated carbocycles. The molecular formula is C25H29N5O. The number of para-hydroxylation sites is 2. The highest BCUT2D eigenvalue weighted by Gasteiger charge is 2.23. The third-order valence-electron chi connectivity index (χ3n) is 5.57. The maximum atomic E-state index is 13.1. The maximum absolute atomic E-state index is 13.1. The second kappa shape index (κ2) is 9.60. The van der Waals surface area contributed by atoms with E-state index in [2.05, 4.69) is 12.2 Å². The van der Waals surface area contributed by atoms with Crippen LogP contribution in [0.2, 0.25) is 0 Å². The Labute approximate surface area is 182 Å². The molecule has 2 heterocycles. The third kappa shape index (κ3) is 4.53. The zero-order valence-corrected chi connectivity index (χ0v) is 18.0. The van der Waals surface area contributed by atoms with Gasteiger partial charge in [-0.25, -0.2) is 9.97 Å². The van der Waals surface area contributed by atoms with E-state index < -0.39 is 0 Å². The Hall–Kier alpha value is -3.41. The summed E-state index contributed by atoms with van der Waals surface area (Å²) in [5.74, 6) is 0.215. The van der Waals surface area contributed by atoms with E-state index in [1.165, 1.54) is 19.3 Å². The first-order chi connectivity index (χ1) is 15.2. The topological polar surface area (TPSA) is 85.8 Å². The van der Waals surface area contributed by atoms with Gasteiger partial charge < -0.3 is 15.6 Å². The largest absolute Gasteiger partial charge is 0.384 e. The van der Waals surface area contributed by atoms with Crippen LogP contribution in [0.5, 0.6) is 0 Å². The van der Waals surface area contributed by atoms with Gasteiger partial charge in [0.1, 0.15) is 16.9 Å². The van der Waals surface area contributed by atoms with E-state index in [9.17, 15) is 4.79 Å². The Balaban J connectivity index is 1.69. The lowest BCUT2D eigenvalue weighted by atomic mass is 10.1. The summed E-state index contributed by atoms with van der Waals surface area (Å²) < 4.78 is 1.89. The fourth-order valence-electron chi connectivity index (χ4n) is 3.89. The lowest BCUT2D eigenvalue weighted by Gasteiger charge is -2.08. The van der Waals surface area contributed by atoms with Gasteiger partial charge in [-0.2, -0.15) is 0 Å². The van der Waals surface area contributed by atoms with Crippen LogP contribution >= 0.6 is 0 Å². The Kier molecular flexibility index (Phi) is 6.46. The van der Waals surface area contributed by atoms with E-state index in [-0.39, 0.29) is 5.91 Å². The molecule has 0 radical (unpaired) electrons. The molecule has 2 aromatic heterocycles. The van der Waals surface area contributed by atoms with Crippen molar-refractivity contribution in [2.24, 2.45) is 0 Å². The number of benzene rings is 2. The number of rotatable bonds is 9. The molecule has 0 aliphatic carbocycles. The molecule has 160 valence electrons. The minimum atomic E-state index is -0.186. The minimum Gasteiger partial charge on any atom is -0.384 e. The van der Waals surface area contributed by atoms with E-state index in [0.717, 1.165) is 29.4 Å². The fourth-order valence-corrected chi connectivity index (χ4v) is 3.89. The molecule has 0 aliphatic heterocycles. The van der Waals surface area contributed by atoms with Crippen molar-refractivity contribution in [2.75, 3.05) is 12.3 Å². The van der Waals surface area contributed by atoms with Crippen LogP contribution in [0.15, 0.2) is 54.6 Å². The van der Waals surface area contributed by atoms with Gasteiger partial charge in [-0.3, -0.25) is 4.79 Å². The minimum absolute atomic E-state index is 0.186. The molecule has 0 unspecified atom stereocenters. The molecule has 6 nitrogen and oxygen atoms in total. The molecule has 0 aliphatic rings. The van der Waals surface area contributed by atoms with Crippen LogP contribution in [0.3, 0.4) is 0 Å². The molecule has 0 fully saturated rings. The van der Waals surface area contributed by atoms with Gasteiger partial charge in [0.15, 0.2) is 5.65 Å². The van der Waals surface area contributed by atoms with Gasteiger partial charge in [-0.05, 0) is 24.1 Å². The summed E-state index contributed by atoms with van der Waals surface area (Å²) in [7, 11) is 0. The van der Waals surface area contributed by atoms with Crippen molar-refractivity contribution >= 4 is 33.9 Å². The molecule has 0 spiro atoms. The summed E-state index contributed by atoms with van der Waals surface area (Å²) >= 11 is 0. The van der Waals surface area contributed by atoms with Gasteiger partial charge in [0.2, 0.25) is 0 Å². The van der Waals surface area contributed by atoms with Crippen molar-refractivity contribution in [2.45, 2.75) is 45.6 Å². The second-order valence-electron chi connectivity index (χ2n) is 7.89. The van der Waals surface area contributed by atoms with Gasteiger partial charge in [-0.15, -0.1) is 0 Å². The van der Waals surface area contributed by atoms with Gasteiger partial charge in [0.25, 0.3) is 5.91 Å². The van der Waals surface area contributed by atoms with Gasteiger partial charge in [-0.1, -0.05) is 75.1 Å².